The van der Waals surface area contributed by atoms with Crippen LogP contribution in [0.4, 0.5) is 0 Å². The predicted octanol–water partition coefficient (Wildman–Crippen LogP) is 1.94. The molecule has 0 bridgehead atoms. The van der Waals surface area contributed by atoms with E-state index in [4.69, 9.17) is 5.73 Å². The monoisotopic (exact) mass is 232 g/mol. The fourth-order valence-corrected chi connectivity index (χ4v) is 1.57. The number of benzene rings is 1. The van der Waals surface area contributed by atoms with Crippen molar-refractivity contribution >= 4 is 5.91 Å². The summed E-state index contributed by atoms with van der Waals surface area (Å²) in [5.74, 6) is 0.0271. The molecule has 0 saturated heterocycles. The largest absolute Gasteiger partial charge is 0.334 e. The number of carbonyl (C=O) groups is 1. The molecule has 0 saturated carbocycles. The number of amides is 1. The Hall–Kier alpha value is -1.61. The van der Waals surface area contributed by atoms with Gasteiger partial charge in [-0.05, 0) is 19.4 Å². The number of allylic oxidation sites excluding steroid dienone is 1. The molecule has 1 aromatic rings. The fraction of sp³-hybridized carbons (Fsp3) is 0.357. The molecule has 0 unspecified atom stereocenters. The zero-order chi connectivity index (χ0) is 12.7. The van der Waals surface area contributed by atoms with E-state index in [1.165, 1.54) is 0 Å². The highest BCUT2D eigenvalue weighted by Crippen LogP contribution is 2.05. The van der Waals surface area contributed by atoms with Crippen LogP contribution in [0.3, 0.4) is 0 Å². The van der Waals surface area contributed by atoms with Crippen LogP contribution >= 0.6 is 0 Å². The number of nitrogens with zero attached hydrogens (tertiary/aromatic N) is 1. The van der Waals surface area contributed by atoms with Gasteiger partial charge in [-0.2, -0.15) is 0 Å². The fourth-order valence-electron chi connectivity index (χ4n) is 1.57. The van der Waals surface area contributed by atoms with Crippen molar-refractivity contribution in [1.29, 1.82) is 0 Å². The Labute approximate surface area is 103 Å². The van der Waals surface area contributed by atoms with E-state index in [0.717, 1.165) is 11.1 Å². The lowest BCUT2D eigenvalue weighted by Crippen LogP contribution is -2.33. The molecule has 0 heterocycles. The summed E-state index contributed by atoms with van der Waals surface area (Å²) in [7, 11) is 0. The Balaban J connectivity index is 2.73. The van der Waals surface area contributed by atoms with Crippen molar-refractivity contribution in [1.82, 2.24) is 4.90 Å². The summed E-state index contributed by atoms with van der Waals surface area (Å²) in [5, 5.41) is 0. The molecule has 3 heteroatoms. The van der Waals surface area contributed by atoms with Gasteiger partial charge in [0.2, 0.25) is 5.91 Å². The first-order valence-corrected chi connectivity index (χ1v) is 5.81. The highest BCUT2D eigenvalue weighted by Gasteiger charge is 2.10. The Kier molecular flexibility index (Phi) is 5.43. The third kappa shape index (κ3) is 4.83. The molecular weight excluding hydrogens is 212 g/mol. The smallest absolute Gasteiger partial charge is 0.246 e. The number of nitrogens with two attached hydrogens (primary N) is 1. The van der Waals surface area contributed by atoms with Crippen molar-refractivity contribution in [2.75, 3.05) is 13.1 Å². The van der Waals surface area contributed by atoms with E-state index in [-0.39, 0.29) is 5.91 Å². The van der Waals surface area contributed by atoms with Crippen LogP contribution in [0.5, 0.6) is 0 Å². The van der Waals surface area contributed by atoms with Gasteiger partial charge in [0.1, 0.15) is 0 Å². The summed E-state index contributed by atoms with van der Waals surface area (Å²) >= 11 is 0. The summed E-state index contributed by atoms with van der Waals surface area (Å²) < 4.78 is 0. The van der Waals surface area contributed by atoms with E-state index >= 15 is 0 Å². The molecular formula is C14H20N2O. The van der Waals surface area contributed by atoms with Gasteiger partial charge in [-0.25, -0.2) is 0 Å². The average molecular weight is 232 g/mol. The Bertz CT molecular complexity index is 380. The van der Waals surface area contributed by atoms with Crippen LogP contribution in [-0.2, 0) is 11.3 Å². The zero-order valence-corrected chi connectivity index (χ0v) is 10.5. The van der Waals surface area contributed by atoms with Gasteiger partial charge in [-0.1, -0.05) is 35.9 Å². The minimum absolute atomic E-state index is 0.0271. The summed E-state index contributed by atoms with van der Waals surface area (Å²) in [5.41, 5.74) is 7.66. The third-order valence-corrected chi connectivity index (χ3v) is 2.34. The van der Waals surface area contributed by atoms with Crippen molar-refractivity contribution in [2.45, 2.75) is 20.4 Å². The predicted molar refractivity (Wildman–Crippen MR) is 70.3 cm³/mol. The average Bonchev–Trinajstić information content (AvgIpc) is 2.29. The van der Waals surface area contributed by atoms with Crippen molar-refractivity contribution in [2.24, 2.45) is 5.73 Å². The number of carbonyl (C=O) groups excluding carboxylic acids is 1. The highest BCUT2D eigenvalue weighted by molar-refractivity contribution is 5.88. The van der Waals surface area contributed by atoms with E-state index in [9.17, 15) is 4.79 Å². The first-order chi connectivity index (χ1) is 8.13. The van der Waals surface area contributed by atoms with Crippen LogP contribution in [0.25, 0.3) is 0 Å². The van der Waals surface area contributed by atoms with E-state index in [2.05, 4.69) is 0 Å². The van der Waals surface area contributed by atoms with Gasteiger partial charge in [0.25, 0.3) is 0 Å². The second kappa shape index (κ2) is 6.86. The molecule has 1 amide bonds. The molecule has 1 rings (SSSR count). The summed E-state index contributed by atoms with van der Waals surface area (Å²) in [6.45, 7) is 5.51. The highest BCUT2D eigenvalue weighted by atomic mass is 16.2. The van der Waals surface area contributed by atoms with Crippen LogP contribution < -0.4 is 5.73 Å². The molecule has 1 aromatic carbocycles. The maximum atomic E-state index is 11.9. The van der Waals surface area contributed by atoms with Gasteiger partial charge in [0.05, 0.1) is 0 Å². The molecule has 0 aliphatic heterocycles. The molecule has 2 N–H and O–H groups in total. The van der Waals surface area contributed by atoms with Crippen LogP contribution in [0, 0.1) is 0 Å². The maximum Gasteiger partial charge on any atom is 0.246 e. The van der Waals surface area contributed by atoms with Crippen molar-refractivity contribution in [3.8, 4) is 0 Å². The molecule has 0 fully saturated rings. The second-order valence-corrected chi connectivity index (χ2v) is 4.26. The van der Waals surface area contributed by atoms with Crippen LogP contribution in [-0.4, -0.2) is 23.9 Å². The van der Waals surface area contributed by atoms with E-state index < -0.39 is 0 Å². The quantitative estimate of drug-likeness (QED) is 0.789. The molecule has 92 valence electrons. The Morgan fingerprint density at radius 2 is 1.94 bits per heavy atom. The van der Waals surface area contributed by atoms with Gasteiger partial charge in [0, 0.05) is 25.7 Å². The molecule has 17 heavy (non-hydrogen) atoms. The molecule has 0 aliphatic rings. The molecule has 0 atom stereocenters. The van der Waals surface area contributed by atoms with Crippen molar-refractivity contribution in [3.05, 3.63) is 47.5 Å². The Morgan fingerprint density at radius 3 is 2.47 bits per heavy atom. The number of hydrogen-bond donors (Lipinski definition) is 1. The van der Waals surface area contributed by atoms with Gasteiger partial charge in [0.15, 0.2) is 0 Å². The van der Waals surface area contributed by atoms with Gasteiger partial charge < -0.3 is 10.6 Å². The van der Waals surface area contributed by atoms with Crippen LogP contribution in [0.2, 0.25) is 0 Å². The summed E-state index contributed by atoms with van der Waals surface area (Å²) in [6, 6.07) is 9.94. The van der Waals surface area contributed by atoms with E-state index in [0.29, 0.717) is 19.6 Å². The lowest BCUT2D eigenvalue weighted by atomic mass is 10.2. The third-order valence-electron chi connectivity index (χ3n) is 2.34. The topological polar surface area (TPSA) is 46.3 Å². The molecule has 0 aliphatic carbocycles. The first-order valence-electron chi connectivity index (χ1n) is 5.81. The Morgan fingerprint density at radius 1 is 1.29 bits per heavy atom. The normalized spacial score (nSPS) is 9.82. The van der Waals surface area contributed by atoms with Gasteiger partial charge in [-0.15, -0.1) is 0 Å². The van der Waals surface area contributed by atoms with Gasteiger partial charge in [-0.3, -0.25) is 4.79 Å². The van der Waals surface area contributed by atoms with Gasteiger partial charge >= 0.3 is 0 Å². The van der Waals surface area contributed by atoms with Crippen LogP contribution in [0.15, 0.2) is 42.0 Å². The molecule has 0 radical (unpaired) electrons. The number of hydrogen-bond acceptors (Lipinski definition) is 2. The minimum Gasteiger partial charge on any atom is -0.334 e. The first kappa shape index (κ1) is 13.5. The molecule has 3 nitrogen and oxygen atoms in total. The van der Waals surface area contributed by atoms with E-state index in [1.54, 1.807) is 11.0 Å². The zero-order valence-electron chi connectivity index (χ0n) is 10.5. The van der Waals surface area contributed by atoms with E-state index in [1.807, 2.05) is 44.2 Å². The minimum atomic E-state index is 0.0271. The summed E-state index contributed by atoms with van der Waals surface area (Å²) in [6.07, 6.45) is 1.65. The lowest BCUT2D eigenvalue weighted by molar-refractivity contribution is -0.126. The van der Waals surface area contributed by atoms with Crippen molar-refractivity contribution < 1.29 is 4.79 Å². The second-order valence-electron chi connectivity index (χ2n) is 4.26. The SMILES string of the molecule is CC(C)=CC(=O)N(CCN)Cc1ccccc1. The lowest BCUT2D eigenvalue weighted by Gasteiger charge is -2.20. The molecule has 0 aromatic heterocycles. The standard InChI is InChI=1S/C14H20N2O/c1-12(2)10-14(17)16(9-8-15)11-13-6-4-3-5-7-13/h3-7,10H,8-9,11,15H2,1-2H3. The number of rotatable bonds is 5. The van der Waals surface area contributed by atoms with Crippen LogP contribution in [0.1, 0.15) is 19.4 Å². The molecule has 0 spiro atoms. The van der Waals surface area contributed by atoms with Crippen molar-refractivity contribution in [3.63, 3.8) is 0 Å². The summed E-state index contributed by atoms with van der Waals surface area (Å²) in [4.78, 5) is 13.7. The maximum absolute atomic E-state index is 11.9.